The molecule has 6 nitrogen and oxygen atoms in total. The number of nitrogens with one attached hydrogen (secondary N) is 2. The number of H-pyrrole nitrogens is 1. The normalized spacial score (nSPS) is 12.4. The van der Waals surface area contributed by atoms with Crippen molar-refractivity contribution in [2.45, 2.75) is 46.1 Å². The standard InChI is InChI=1S/C10H19N5O/c1-3-5-6-8(4-2)10(16)11-7-9-12-14-15-13-9/h8H,3-7H2,1-2H3,(H,11,16)(H,12,13,14,15). The molecule has 90 valence electrons. The first-order valence-electron chi connectivity index (χ1n) is 5.78. The lowest BCUT2D eigenvalue weighted by atomic mass is 9.98. The summed E-state index contributed by atoms with van der Waals surface area (Å²) in [6, 6.07) is 0. The molecule has 0 aliphatic carbocycles. The largest absolute Gasteiger partial charge is 0.348 e. The number of nitrogens with zero attached hydrogens (tertiary/aromatic N) is 3. The van der Waals surface area contributed by atoms with Gasteiger partial charge in [0.25, 0.3) is 0 Å². The Morgan fingerprint density at radius 2 is 2.31 bits per heavy atom. The van der Waals surface area contributed by atoms with Crippen LogP contribution in [0.1, 0.15) is 45.4 Å². The summed E-state index contributed by atoms with van der Waals surface area (Å²) in [4.78, 5) is 11.8. The van der Waals surface area contributed by atoms with E-state index in [0.717, 1.165) is 25.7 Å². The first-order chi connectivity index (χ1) is 7.77. The van der Waals surface area contributed by atoms with Crippen LogP contribution in [0.2, 0.25) is 0 Å². The van der Waals surface area contributed by atoms with E-state index in [-0.39, 0.29) is 11.8 Å². The van der Waals surface area contributed by atoms with Gasteiger partial charge in [-0.25, -0.2) is 0 Å². The van der Waals surface area contributed by atoms with E-state index in [1.807, 2.05) is 6.92 Å². The van der Waals surface area contributed by atoms with Gasteiger partial charge in [-0.15, -0.1) is 10.2 Å². The second-order valence-corrected chi connectivity index (χ2v) is 3.79. The predicted molar refractivity (Wildman–Crippen MR) is 59.3 cm³/mol. The van der Waals surface area contributed by atoms with Crippen LogP contribution in [0.5, 0.6) is 0 Å². The van der Waals surface area contributed by atoms with Crippen LogP contribution in [0.25, 0.3) is 0 Å². The monoisotopic (exact) mass is 225 g/mol. The molecule has 1 atom stereocenters. The van der Waals surface area contributed by atoms with Crippen molar-refractivity contribution in [1.82, 2.24) is 25.9 Å². The van der Waals surface area contributed by atoms with Gasteiger partial charge in [0.15, 0.2) is 5.82 Å². The molecule has 16 heavy (non-hydrogen) atoms. The lowest BCUT2D eigenvalue weighted by Gasteiger charge is -2.13. The Kier molecular flexibility index (Phi) is 5.45. The summed E-state index contributed by atoms with van der Waals surface area (Å²) in [6.45, 7) is 4.51. The molecule has 0 saturated heterocycles. The van der Waals surface area contributed by atoms with E-state index in [1.165, 1.54) is 0 Å². The molecule has 0 bridgehead atoms. The van der Waals surface area contributed by atoms with Gasteiger partial charge in [0.1, 0.15) is 0 Å². The van der Waals surface area contributed by atoms with Crippen molar-refractivity contribution in [2.24, 2.45) is 5.92 Å². The van der Waals surface area contributed by atoms with Crippen LogP contribution in [0.4, 0.5) is 0 Å². The zero-order valence-electron chi connectivity index (χ0n) is 9.86. The van der Waals surface area contributed by atoms with Crippen molar-refractivity contribution >= 4 is 5.91 Å². The molecule has 0 fully saturated rings. The number of carbonyl (C=O) groups is 1. The molecule has 0 saturated carbocycles. The number of hydrogen-bond acceptors (Lipinski definition) is 4. The van der Waals surface area contributed by atoms with Crippen LogP contribution in [0.15, 0.2) is 0 Å². The Labute approximate surface area is 95.2 Å². The molecule has 1 aromatic heterocycles. The minimum atomic E-state index is 0.0840. The van der Waals surface area contributed by atoms with E-state index in [1.54, 1.807) is 0 Å². The third-order valence-electron chi connectivity index (χ3n) is 2.58. The van der Waals surface area contributed by atoms with Gasteiger partial charge in [-0.1, -0.05) is 31.9 Å². The summed E-state index contributed by atoms with van der Waals surface area (Å²) < 4.78 is 0. The highest BCUT2D eigenvalue weighted by atomic mass is 16.1. The minimum absolute atomic E-state index is 0.0840. The van der Waals surface area contributed by atoms with E-state index in [4.69, 9.17) is 0 Å². The van der Waals surface area contributed by atoms with E-state index >= 15 is 0 Å². The average molecular weight is 225 g/mol. The lowest BCUT2D eigenvalue weighted by molar-refractivity contribution is -0.125. The zero-order chi connectivity index (χ0) is 11.8. The van der Waals surface area contributed by atoms with E-state index < -0.39 is 0 Å². The topological polar surface area (TPSA) is 83.6 Å². The molecule has 1 amide bonds. The van der Waals surface area contributed by atoms with Crippen molar-refractivity contribution in [3.8, 4) is 0 Å². The highest BCUT2D eigenvalue weighted by Gasteiger charge is 2.15. The molecule has 0 aromatic carbocycles. The maximum absolute atomic E-state index is 11.8. The quantitative estimate of drug-likeness (QED) is 0.726. The second kappa shape index (κ2) is 6.92. The van der Waals surface area contributed by atoms with Gasteiger partial charge in [0.05, 0.1) is 6.54 Å². The molecule has 0 aliphatic rings. The van der Waals surface area contributed by atoms with Crippen LogP contribution in [-0.2, 0) is 11.3 Å². The summed E-state index contributed by atoms with van der Waals surface area (Å²) in [5.74, 6) is 0.700. The first kappa shape index (κ1) is 12.6. The van der Waals surface area contributed by atoms with Gasteiger partial charge in [-0.3, -0.25) is 4.79 Å². The van der Waals surface area contributed by atoms with Crippen molar-refractivity contribution < 1.29 is 4.79 Å². The molecule has 0 spiro atoms. The molecular weight excluding hydrogens is 206 g/mol. The van der Waals surface area contributed by atoms with Crippen LogP contribution < -0.4 is 5.32 Å². The summed E-state index contributed by atoms with van der Waals surface area (Å²) in [6.07, 6.45) is 4.03. The van der Waals surface area contributed by atoms with Crippen LogP contribution >= 0.6 is 0 Å². The average Bonchev–Trinajstić information content (AvgIpc) is 2.80. The summed E-state index contributed by atoms with van der Waals surface area (Å²) in [7, 11) is 0. The maximum Gasteiger partial charge on any atom is 0.223 e. The Morgan fingerprint density at radius 3 is 2.88 bits per heavy atom. The second-order valence-electron chi connectivity index (χ2n) is 3.79. The molecule has 6 heteroatoms. The number of hydrogen-bond donors (Lipinski definition) is 2. The van der Waals surface area contributed by atoms with Crippen LogP contribution in [-0.4, -0.2) is 26.5 Å². The predicted octanol–water partition coefficient (Wildman–Crippen LogP) is 1.03. The number of aromatic nitrogens is 4. The van der Waals surface area contributed by atoms with Gasteiger partial charge >= 0.3 is 0 Å². The summed E-state index contributed by atoms with van der Waals surface area (Å²) in [5.41, 5.74) is 0. The molecule has 1 rings (SSSR count). The molecular formula is C10H19N5O. The fraction of sp³-hybridized carbons (Fsp3) is 0.800. The third-order valence-corrected chi connectivity index (χ3v) is 2.58. The number of carbonyl (C=O) groups excluding carboxylic acids is 1. The number of tetrazole rings is 1. The molecule has 1 aromatic rings. The minimum Gasteiger partial charge on any atom is -0.348 e. The number of aromatic amines is 1. The fourth-order valence-corrected chi connectivity index (χ4v) is 1.54. The van der Waals surface area contributed by atoms with E-state index in [2.05, 4.69) is 32.9 Å². The van der Waals surface area contributed by atoms with Gasteiger partial charge < -0.3 is 5.32 Å². The number of rotatable bonds is 7. The number of unbranched alkanes of at least 4 members (excludes halogenated alkanes) is 1. The highest BCUT2D eigenvalue weighted by Crippen LogP contribution is 2.12. The van der Waals surface area contributed by atoms with Gasteiger partial charge in [0.2, 0.25) is 5.91 Å². The van der Waals surface area contributed by atoms with Crippen molar-refractivity contribution in [3.63, 3.8) is 0 Å². The Bertz CT molecular complexity index is 298. The Balaban J connectivity index is 2.31. The van der Waals surface area contributed by atoms with Crippen molar-refractivity contribution in [1.29, 1.82) is 0 Å². The van der Waals surface area contributed by atoms with Gasteiger partial charge in [0, 0.05) is 5.92 Å². The fourth-order valence-electron chi connectivity index (χ4n) is 1.54. The zero-order valence-corrected chi connectivity index (χ0v) is 9.86. The van der Waals surface area contributed by atoms with Crippen molar-refractivity contribution in [3.05, 3.63) is 5.82 Å². The van der Waals surface area contributed by atoms with Gasteiger partial charge in [-0.05, 0) is 12.8 Å². The SMILES string of the molecule is CCCCC(CC)C(=O)NCc1nn[nH]n1. The summed E-state index contributed by atoms with van der Waals surface area (Å²) >= 11 is 0. The van der Waals surface area contributed by atoms with Crippen molar-refractivity contribution in [2.75, 3.05) is 0 Å². The molecule has 1 unspecified atom stereocenters. The molecule has 2 N–H and O–H groups in total. The number of amides is 1. The molecule has 0 aliphatic heterocycles. The van der Waals surface area contributed by atoms with E-state index in [9.17, 15) is 4.79 Å². The summed E-state index contributed by atoms with van der Waals surface area (Å²) in [5, 5.41) is 16.1. The highest BCUT2D eigenvalue weighted by molar-refractivity contribution is 5.78. The van der Waals surface area contributed by atoms with Crippen LogP contribution in [0, 0.1) is 5.92 Å². The van der Waals surface area contributed by atoms with Gasteiger partial charge in [-0.2, -0.15) is 5.21 Å². The van der Waals surface area contributed by atoms with E-state index in [0.29, 0.717) is 12.4 Å². The Hall–Kier alpha value is -1.46. The third kappa shape index (κ3) is 3.96. The first-order valence-corrected chi connectivity index (χ1v) is 5.78. The Morgan fingerprint density at radius 1 is 1.50 bits per heavy atom. The maximum atomic E-state index is 11.8. The molecule has 1 heterocycles. The lowest BCUT2D eigenvalue weighted by Crippen LogP contribution is -2.30. The van der Waals surface area contributed by atoms with Crippen LogP contribution in [0.3, 0.4) is 0 Å². The molecule has 0 radical (unpaired) electrons. The smallest absolute Gasteiger partial charge is 0.223 e.